The van der Waals surface area contributed by atoms with E-state index in [0.29, 0.717) is 5.92 Å². The molecule has 0 N–H and O–H groups in total. The van der Waals surface area contributed by atoms with Gasteiger partial charge in [0.25, 0.3) is 0 Å². The first-order valence-electron chi connectivity index (χ1n) is 9.45. The first kappa shape index (κ1) is 19.3. The predicted octanol–water partition coefficient (Wildman–Crippen LogP) is 3.78. The van der Waals surface area contributed by atoms with Crippen LogP contribution >= 0.6 is 11.3 Å². The van der Waals surface area contributed by atoms with Crippen molar-refractivity contribution in [2.45, 2.75) is 18.8 Å². The summed E-state index contributed by atoms with van der Waals surface area (Å²) in [4.78, 5) is 18.6. The zero-order valence-electron chi connectivity index (χ0n) is 16.4. The van der Waals surface area contributed by atoms with Crippen LogP contribution in [0.25, 0.3) is 11.3 Å². The van der Waals surface area contributed by atoms with Crippen molar-refractivity contribution in [1.82, 2.24) is 15.2 Å². The van der Waals surface area contributed by atoms with Gasteiger partial charge in [-0.1, -0.05) is 12.1 Å². The normalized spacial score (nSPS) is 14.6. The third-order valence-electron chi connectivity index (χ3n) is 5.12. The molecule has 3 heterocycles. The summed E-state index contributed by atoms with van der Waals surface area (Å²) in [5.74, 6) is 1.58. The number of nitrogens with zero attached hydrogens (tertiary/aromatic N) is 4. The summed E-state index contributed by atoms with van der Waals surface area (Å²) in [5, 5.41) is 11.4. The second kappa shape index (κ2) is 8.57. The topological polar surface area (TPSA) is 77.4 Å². The van der Waals surface area contributed by atoms with Crippen molar-refractivity contribution in [2.75, 3.05) is 32.2 Å². The van der Waals surface area contributed by atoms with E-state index >= 15 is 0 Å². The lowest BCUT2D eigenvalue weighted by Crippen LogP contribution is -2.33. The standard InChI is InChI=1S/C21H22N4O3S/c1-27-18-6-4-3-5-15(18)17-13-29-20(22-17)14-9-11-25(12-10-14)19-8-7-16(23-24-19)21(26)28-2/h3-8,13-14H,9-12H2,1-2H3. The number of carbonyl (C=O) groups excluding carboxylic acids is 1. The number of esters is 1. The number of aromatic nitrogens is 3. The molecule has 2 aromatic heterocycles. The van der Waals surface area contributed by atoms with Crippen LogP contribution in [0, 0.1) is 0 Å². The molecule has 0 radical (unpaired) electrons. The SMILES string of the molecule is COC(=O)c1ccc(N2CCC(c3nc(-c4ccccc4OC)cs3)CC2)nn1. The minimum Gasteiger partial charge on any atom is -0.496 e. The third kappa shape index (κ3) is 4.07. The van der Waals surface area contributed by atoms with Crippen molar-refractivity contribution < 1.29 is 14.3 Å². The van der Waals surface area contributed by atoms with Gasteiger partial charge in [-0.3, -0.25) is 0 Å². The smallest absolute Gasteiger partial charge is 0.358 e. The fourth-order valence-electron chi connectivity index (χ4n) is 3.52. The molecular formula is C21H22N4O3S. The second-order valence-electron chi connectivity index (χ2n) is 6.80. The minimum absolute atomic E-state index is 0.220. The molecule has 1 aliphatic rings. The van der Waals surface area contributed by atoms with Crippen molar-refractivity contribution in [3.05, 3.63) is 52.5 Å². The summed E-state index contributed by atoms with van der Waals surface area (Å²) < 4.78 is 10.1. The highest BCUT2D eigenvalue weighted by Gasteiger charge is 2.24. The van der Waals surface area contributed by atoms with Gasteiger partial charge in [-0.25, -0.2) is 9.78 Å². The average molecular weight is 410 g/mol. The first-order valence-corrected chi connectivity index (χ1v) is 10.3. The van der Waals surface area contributed by atoms with Crippen LogP contribution in [0.4, 0.5) is 5.82 Å². The molecule has 1 fully saturated rings. The number of thiazole rings is 1. The van der Waals surface area contributed by atoms with Crippen LogP contribution in [0.3, 0.4) is 0 Å². The molecule has 0 aliphatic carbocycles. The van der Waals surface area contributed by atoms with Gasteiger partial charge in [-0.2, -0.15) is 0 Å². The van der Waals surface area contributed by atoms with Gasteiger partial charge in [0, 0.05) is 30.0 Å². The third-order valence-corrected chi connectivity index (χ3v) is 6.13. The Morgan fingerprint density at radius 3 is 2.59 bits per heavy atom. The summed E-state index contributed by atoms with van der Waals surface area (Å²) in [6.07, 6.45) is 2.00. The highest BCUT2D eigenvalue weighted by Crippen LogP contribution is 2.36. The van der Waals surface area contributed by atoms with E-state index in [4.69, 9.17) is 9.72 Å². The van der Waals surface area contributed by atoms with Crippen LogP contribution in [0.5, 0.6) is 5.75 Å². The van der Waals surface area contributed by atoms with E-state index in [0.717, 1.165) is 53.8 Å². The lowest BCUT2D eigenvalue weighted by molar-refractivity contribution is 0.0592. The number of benzene rings is 1. The molecule has 7 nitrogen and oxygen atoms in total. The maximum Gasteiger partial charge on any atom is 0.358 e. The number of anilines is 1. The van der Waals surface area contributed by atoms with E-state index in [1.54, 1.807) is 24.5 Å². The quantitative estimate of drug-likeness (QED) is 0.592. The van der Waals surface area contributed by atoms with Crippen LogP contribution in [0.1, 0.15) is 34.3 Å². The summed E-state index contributed by atoms with van der Waals surface area (Å²) in [5.41, 5.74) is 2.21. The summed E-state index contributed by atoms with van der Waals surface area (Å²) in [6, 6.07) is 11.4. The van der Waals surface area contributed by atoms with Crippen LogP contribution < -0.4 is 9.64 Å². The largest absolute Gasteiger partial charge is 0.496 e. The molecule has 0 saturated carbocycles. The Labute approximate surface area is 173 Å². The lowest BCUT2D eigenvalue weighted by atomic mass is 9.97. The van der Waals surface area contributed by atoms with Crippen LogP contribution in [-0.4, -0.2) is 48.5 Å². The molecule has 3 aromatic rings. The number of ether oxygens (including phenoxy) is 2. The Balaban J connectivity index is 1.41. The predicted molar refractivity (Wildman–Crippen MR) is 112 cm³/mol. The molecule has 29 heavy (non-hydrogen) atoms. The van der Waals surface area contributed by atoms with Crippen LogP contribution in [0.2, 0.25) is 0 Å². The second-order valence-corrected chi connectivity index (χ2v) is 7.69. The Morgan fingerprint density at radius 1 is 1.10 bits per heavy atom. The first-order chi connectivity index (χ1) is 14.2. The van der Waals surface area contributed by atoms with Gasteiger partial charge in [-0.15, -0.1) is 21.5 Å². The molecule has 0 atom stereocenters. The van der Waals surface area contributed by atoms with Gasteiger partial charge in [0.05, 0.1) is 24.9 Å². The molecule has 8 heteroatoms. The number of para-hydroxylation sites is 1. The molecule has 1 saturated heterocycles. The van der Waals surface area contributed by atoms with Gasteiger partial charge in [-0.05, 0) is 37.1 Å². The zero-order chi connectivity index (χ0) is 20.2. The van der Waals surface area contributed by atoms with Crippen molar-refractivity contribution in [2.24, 2.45) is 0 Å². The fourth-order valence-corrected chi connectivity index (χ4v) is 4.51. The zero-order valence-corrected chi connectivity index (χ0v) is 17.2. The van der Waals surface area contributed by atoms with Crippen molar-refractivity contribution in [3.8, 4) is 17.0 Å². The fraction of sp³-hybridized carbons (Fsp3) is 0.333. The van der Waals surface area contributed by atoms with E-state index in [2.05, 4.69) is 25.2 Å². The van der Waals surface area contributed by atoms with Crippen LogP contribution in [-0.2, 0) is 4.74 Å². The number of methoxy groups -OCH3 is 2. The maximum atomic E-state index is 11.5. The maximum absolute atomic E-state index is 11.5. The van der Waals surface area contributed by atoms with Gasteiger partial charge in [0.15, 0.2) is 11.5 Å². The van der Waals surface area contributed by atoms with Crippen molar-refractivity contribution in [3.63, 3.8) is 0 Å². The Hall–Kier alpha value is -3.00. The van der Waals surface area contributed by atoms with E-state index in [1.165, 1.54) is 7.11 Å². The molecular weight excluding hydrogens is 388 g/mol. The van der Waals surface area contributed by atoms with Crippen molar-refractivity contribution in [1.29, 1.82) is 0 Å². The molecule has 1 aliphatic heterocycles. The minimum atomic E-state index is -0.475. The molecule has 4 rings (SSSR count). The average Bonchev–Trinajstić information content (AvgIpc) is 3.29. The molecule has 0 bridgehead atoms. The number of rotatable bonds is 5. The van der Waals surface area contributed by atoms with Crippen LogP contribution in [0.15, 0.2) is 41.8 Å². The van der Waals surface area contributed by atoms with Gasteiger partial charge in [0.1, 0.15) is 5.75 Å². The van der Waals surface area contributed by atoms with E-state index < -0.39 is 5.97 Å². The Morgan fingerprint density at radius 2 is 1.90 bits per heavy atom. The monoisotopic (exact) mass is 410 g/mol. The van der Waals surface area contributed by atoms with E-state index in [1.807, 2.05) is 30.3 Å². The van der Waals surface area contributed by atoms with Gasteiger partial charge < -0.3 is 14.4 Å². The Kier molecular flexibility index (Phi) is 5.71. The molecule has 0 unspecified atom stereocenters. The number of carbonyl (C=O) groups is 1. The van der Waals surface area contributed by atoms with Gasteiger partial charge in [0.2, 0.25) is 0 Å². The highest BCUT2D eigenvalue weighted by atomic mass is 32.1. The van der Waals surface area contributed by atoms with Gasteiger partial charge >= 0.3 is 5.97 Å². The lowest BCUT2D eigenvalue weighted by Gasteiger charge is -2.31. The molecule has 0 spiro atoms. The highest BCUT2D eigenvalue weighted by molar-refractivity contribution is 7.10. The number of piperidine rings is 1. The Bertz CT molecular complexity index is 982. The number of hydrogen-bond donors (Lipinski definition) is 0. The summed E-state index contributed by atoms with van der Waals surface area (Å²) in [6.45, 7) is 1.75. The molecule has 1 aromatic carbocycles. The number of hydrogen-bond acceptors (Lipinski definition) is 8. The summed E-state index contributed by atoms with van der Waals surface area (Å²) in [7, 11) is 3.02. The van der Waals surface area contributed by atoms with E-state index in [9.17, 15) is 4.79 Å². The summed E-state index contributed by atoms with van der Waals surface area (Å²) >= 11 is 1.71. The molecule has 150 valence electrons. The van der Waals surface area contributed by atoms with E-state index in [-0.39, 0.29) is 5.69 Å². The van der Waals surface area contributed by atoms with Crippen molar-refractivity contribution >= 4 is 23.1 Å². The molecule has 0 amide bonds.